The summed E-state index contributed by atoms with van der Waals surface area (Å²) in [5.41, 5.74) is 1.55. The Labute approximate surface area is 126 Å². The Bertz CT molecular complexity index is 726. The van der Waals surface area contributed by atoms with Gasteiger partial charge in [-0.2, -0.15) is 5.26 Å². The van der Waals surface area contributed by atoms with Gasteiger partial charge in [0.2, 0.25) is 0 Å². The fraction of sp³-hybridized carbons (Fsp3) is 0.133. The predicted octanol–water partition coefficient (Wildman–Crippen LogP) is 2.59. The summed E-state index contributed by atoms with van der Waals surface area (Å²) in [4.78, 5) is 17.9. The first-order valence-corrected chi connectivity index (χ1v) is 6.74. The molecule has 0 aliphatic carbocycles. The first-order valence-electron chi connectivity index (χ1n) is 6.36. The zero-order valence-corrected chi connectivity index (χ0v) is 11.7. The lowest BCUT2D eigenvalue weighted by molar-refractivity contribution is -0.116. The van der Waals surface area contributed by atoms with Crippen LogP contribution in [0.1, 0.15) is 5.56 Å². The van der Waals surface area contributed by atoms with E-state index in [1.54, 1.807) is 17.0 Å². The minimum absolute atomic E-state index is 0.319. The van der Waals surface area contributed by atoms with Crippen LogP contribution in [0, 0.1) is 11.3 Å². The number of aromatic nitrogens is 1. The van der Waals surface area contributed by atoms with E-state index < -0.39 is 6.04 Å². The number of benzene rings is 1. The summed E-state index contributed by atoms with van der Waals surface area (Å²) in [5.74, 6) is 0.155. The first-order chi connectivity index (χ1) is 10.2. The minimum atomic E-state index is -0.927. The van der Waals surface area contributed by atoms with Crippen LogP contribution >= 0.6 is 11.6 Å². The first kappa shape index (κ1) is 13.4. The Morgan fingerprint density at radius 3 is 2.76 bits per heavy atom. The van der Waals surface area contributed by atoms with E-state index in [9.17, 15) is 10.1 Å². The molecule has 5 nitrogen and oxygen atoms in total. The number of hydrogen-bond acceptors (Lipinski definition) is 4. The molecule has 1 aliphatic rings. The maximum Gasteiger partial charge on any atom is 0.262 e. The van der Waals surface area contributed by atoms with Crippen molar-refractivity contribution in [2.24, 2.45) is 0 Å². The fourth-order valence-corrected chi connectivity index (χ4v) is 2.42. The Kier molecular flexibility index (Phi) is 3.46. The maximum absolute atomic E-state index is 12.0. The van der Waals surface area contributed by atoms with E-state index in [2.05, 4.69) is 10.3 Å². The van der Waals surface area contributed by atoms with Gasteiger partial charge in [0.1, 0.15) is 5.15 Å². The Balaban J connectivity index is 2.05. The molecule has 0 radical (unpaired) electrons. The Morgan fingerprint density at radius 2 is 2.05 bits per heavy atom. The number of pyridine rings is 1. The van der Waals surface area contributed by atoms with Gasteiger partial charge >= 0.3 is 0 Å². The van der Waals surface area contributed by atoms with Crippen LogP contribution in [0.3, 0.4) is 0 Å². The number of anilines is 2. The quantitative estimate of drug-likeness (QED) is 0.865. The van der Waals surface area contributed by atoms with Crippen molar-refractivity contribution in [2.45, 2.75) is 12.6 Å². The molecular formula is C15H11ClN4O. The molecule has 1 aromatic heterocycles. The van der Waals surface area contributed by atoms with Crippen molar-refractivity contribution in [3.63, 3.8) is 0 Å². The van der Waals surface area contributed by atoms with Crippen LogP contribution in [0.4, 0.5) is 11.5 Å². The third-order valence-electron chi connectivity index (χ3n) is 3.25. The largest absolute Gasteiger partial charge is 0.327 e. The van der Waals surface area contributed by atoms with Crippen molar-refractivity contribution in [1.29, 1.82) is 5.26 Å². The number of nitrogens with zero attached hydrogens (tertiary/aromatic N) is 3. The minimum Gasteiger partial charge on any atom is -0.327 e. The number of carbonyl (C=O) groups is 1. The van der Waals surface area contributed by atoms with E-state index in [-0.39, 0.29) is 5.91 Å². The van der Waals surface area contributed by atoms with Crippen molar-refractivity contribution in [2.75, 3.05) is 10.2 Å². The molecule has 0 saturated carbocycles. The third-order valence-corrected chi connectivity index (χ3v) is 3.46. The molecule has 21 heavy (non-hydrogen) atoms. The second-order valence-electron chi connectivity index (χ2n) is 4.64. The number of carbonyl (C=O) groups excluding carboxylic acids is 1. The number of hydrogen-bond donors (Lipinski definition) is 1. The highest BCUT2D eigenvalue weighted by atomic mass is 35.5. The Hall–Kier alpha value is -2.58. The van der Waals surface area contributed by atoms with Gasteiger partial charge in [-0.25, -0.2) is 4.98 Å². The highest BCUT2D eigenvalue weighted by Gasteiger charge is 2.34. The molecule has 1 N–H and O–H groups in total. The van der Waals surface area contributed by atoms with Crippen LogP contribution < -0.4 is 10.2 Å². The molecule has 0 saturated heterocycles. The van der Waals surface area contributed by atoms with Crippen LogP contribution in [-0.2, 0) is 11.3 Å². The number of nitriles is 1. The number of rotatable bonds is 2. The van der Waals surface area contributed by atoms with Crippen molar-refractivity contribution >= 4 is 29.0 Å². The van der Waals surface area contributed by atoms with E-state index in [1.807, 2.05) is 36.4 Å². The molecule has 0 bridgehead atoms. The van der Waals surface area contributed by atoms with Gasteiger partial charge < -0.3 is 10.2 Å². The molecule has 104 valence electrons. The van der Waals surface area contributed by atoms with E-state index >= 15 is 0 Å². The maximum atomic E-state index is 12.0. The zero-order chi connectivity index (χ0) is 14.8. The molecule has 2 heterocycles. The van der Waals surface area contributed by atoms with Crippen molar-refractivity contribution < 1.29 is 4.79 Å². The second-order valence-corrected chi connectivity index (χ2v) is 5.03. The van der Waals surface area contributed by atoms with Gasteiger partial charge in [-0.15, -0.1) is 0 Å². The lowest BCUT2D eigenvalue weighted by atomic mass is 10.1. The second kappa shape index (κ2) is 5.43. The average molecular weight is 299 g/mol. The van der Waals surface area contributed by atoms with Crippen LogP contribution in [0.2, 0.25) is 5.15 Å². The van der Waals surface area contributed by atoms with Crippen LogP contribution in [0.5, 0.6) is 0 Å². The topological polar surface area (TPSA) is 69.0 Å². The van der Waals surface area contributed by atoms with E-state index in [4.69, 9.17) is 11.6 Å². The lowest BCUT2D eigenvalue weighted by Gasteiger charge is -2.33. The van der Waals surface area contributed by atoms with Gasteiger partial charge in [0, 0.05) is 6.54 Å². The number of fused-ring (bicyclic) bond motifs is 1. The fourth-order valence-electron chi connectivity index (χ4n) is 2.28. The number of nitrogens with one attached hydrogen (secondary N) is 1. The van der Waals surface area contributed by atoms with E-state index in [1.165, 1.54) is 0 Å². The van der Waals surface area contributed by atoms with Gasteiger partial charge in [0.15, 0.2) is 11.9 Å². The van der Waals surface area contributed by atoms with E-state index in [0.29, 0.717) is 23.2 Å². The summed E-state index contributed by atoms with van der Waals surface area (Å²) in [6.45, 7) is 0.410. The van der Waals surface area contributed by atoms with Crippen molar-refractivity contribution in [3.8, 4) is 6.07 Å². The molecule has 0 spiro atoms. The molecule has 1 atom stereocenters. The monoisotopic (exact) mass is 298 g/mol. The summed E-state index contributed by atoms with van der Waals surface area (Å²) in [7, 11) is 0. The van der Waals surface area contributed by atoms with Gasteiger partial charge in [-0.1, -0.05) is 41.9 Å². The molecule has 1 aromatic carbocycles. The predicted molar refractivity (Wildman–Crippen MR) is 79.9 cm³/mol. The summed E-state index contributed by atoms with van der Waals surface area (Å²) in [6.07, 6.45) is 0. The normalized spacial score (nSPS) is 16.9. The standard InChI is InChI=1S/C15H11ClN4O/c16-13-7-6-11-14(19-13)20(12(8-17)15(21)18-11)9-10-4-2-1-3-5-10/h1-7,12H,9H2,(H,18,21)/t12-/m1/s1. The molecular weight excluding hydrogens is 288 g/mol. The van der Waals surface area contributed by atoms with Gasteiger partial charge in [0.25, 0.3) is 5.91 Å². The van der Waals surface area contributed by atoms with Gasteiger partial charge in [-0.3, -0.25) is 4.79 Å². The third kappa shape index (κ3) is 2.54. The lowest BCUT2D eigenvalue weighted by Crippen LogP contribution is -2.47. The Morgan fingerprint density at radius 1 is 1.29 bits per heavy atom. The van der Waals surface area contributed by atoms with Gasteiger partial charge in [0.05, 0.1) is 11.8 Å². The molecule has 1 amide bonds. The summed E-state index contributed by atoms with van der Waals surface area (Å²) >= 11 is 5.94. The van der Waals surface area contributed by atoms with Crippen LogP contribution in [-0.4, -0.2) is 16.9 Å². The summed E-state index contributed by atoms with van der Waals surface area (Å²) < 4.78 is 0. The van der Waals surface area contributed by atoms with Crippen LogP contribution in [0.25, 0.3) is 0 Å². The molecule has 0 unspecified atom stereocenters. The molecule has 2 aromatic rings. The van der Waals surface area contributed by atoms with Crippen LogP contribution in [0.15, 0.2) is 42.5 Å². The van der Waals surface area contributed by atoms with Crippen molar-refractivity contribution in [3.05, 3.63) is 53.2 Å². The van der Waals surface area contributed by atoms with Gasteiger partial charge in [-0.05, 0) is 17.7 Å². The zero-order valence-electron chi connectivity index (χ0n) is 11.0. The molecule has 0 fully saturated rings. The number of amides is 1. The highest BCUT2D eigenvalue weighted by Crippen LogP contribution is 2.32. The molecule has 1 aliphatic heterocycles. The SMILES string of the molecule is N#C[C@@H]1C(=O)Nc2ccc(Cl)nc2N1Cc1ccccc1. The molecule has 3 rings (SSSR count). The average Bonchev–Trinajstić information content (AvgIpc) is 2.49. The van der Waals surface area contributed by atoms with E-state index in [0.717, 1.165) is 5.56 Å². The molecule has 6 heteroatoms. The summed E-state index contributed by atoms with van der Waals surface area (Å²) in [6, 6.07) is 14.0. The smallest absolute Gasteiger partial charge is 0.262 e. The van der Waals surface area contributed by atoms with Crippen molar-refractivity contribution in [1.82, 2.24) is 4.98 Å². The summed E-state index contributed by atoms with van der Waals surface area (Å²) in [5, 5.41) is 12.3. The highest BCUT2D eigenvalue weighted by molar-refractivity contribution is 6.29. The number of halogens is 1.